The van der Waals surface area contributed by atoms with E-state index < -0.39 is 0 Å². The van der Waals surface area contributed by atoms with Crippen LogP contribution in [0, 0.1) is 0 Å². The maximum atomic E-state index is 12.4. The van der Waals surface area contributed by atoms with Crippen molar-refractivity contribution in [3.8, 4) is 0 Å². The Morgan fingerprint density at radius 2 is 1.84 bits per heavy atom. The van der Waals surface area contributed by atoms with E-state index in [0.717, 1.165) is 33.6 Å². The lowest BCUT2D eigenvalue weighted by Crippen LogP contribution is -2.25. The maximum Gasteiger partial charge on any atom is 0.259 e. The average molecular weight is 248 g/mol. The van der Waals surface area contributed by atoms with E-state index in [0.29, 0.717) is 6.54 Å². The van der Waals surface area contributed by atoms with Gasteiger partial charge in [0.05, 0.1) is 12.2 Å². The van der Waals surface area contributed by atoms with Crippen molar-refractivity contribution in [3.63, 3.8) is 0 Å². The minimum atomic E-state index is 0.0786. The summed E-state index contributed by atoms with van der Waals surface area (Å²) in [6.07, 6.45) is 2.07. The van der Waals surface area contributed by atoms with Crippen LogP contribution in [-0.4, -0.2) is 10.8 Å². The third-order valence-corrected chi connectivity index (χ3v) is 3.76. The topological polar surface area (TPSA) is 46.3 Å². The Hall–Kier alpha value is -2.55. The molecule has 0 radical (unpaired) electrons. The van der Waals surface area contributed by atoms with Gasteiger partial charge in [-0.1, -0.05) is 24.3 Å². The highest BCUT2D eigenvalue weighted by Gasteiger charge is 2.34. The van der Waals surface area contributed by atoms with E-state index in [9.17, 15) is 4.79 Å². The van der Waals surface area contributed by atoms with Crippen molar-refractivity contribution >= 4 is 23.4 Å². The van der Waals surface area contributed by atoms with Crippen LogP contribution >= 0.6 is 0 Å². The molecule has 3 nitrogen and oxygen atoms in total. The Morgan fingerprint density at radius 3 is 2.68 bits per heavy atom. The third-order valence-electron chi connectivity index (χ3n) is 3.76. The molecule has 19 heavy (non-hydrogen) atoms. The van der Waals surface area contributed by atoms with Gasteiger partial charge in [-0.25, -0.2) is 0 Å². The molecule has 3 heteroatoms. The summed E-state index contributed by atoms with van der Waals surface area (Å²) in [7, 11) is 0. The highest BCUT2D eigenvalue weighted by Crippen LogP contribution is 2.39. The fourth-order valence-corrected chi connectivity index (χ4v) is 2.83. The first-order chi connectivity index (χ1) is 9.24. The molecule has 2 aromatic rings. The lowest BCUT2D eigenvalue weighted by atomic mass is 9.99. The zero-order valence-electron chi connectivity index (χ0n) is 10.3. The van der Waals surface area contributed by atoms with Gasteiger partial charge in [-0.05, 0) is 35.4 Å². The summed E-state index contributed by atoms with van der Waals surface area (Å²) in [6.45, 7) is 0.597. The van der Waals surface area contributed by atoms with Crippen molar-refractivity contribution < 1.29 is 4.79 Å². The van der Waals surface area contributed by atoms with Crippen LogP contribution in [0.25, 0.3) is 11.8 Å². The average Bonchev–Trinajstić information content (AvgIpc) is 2.70. The Labute approximate surface area is 111 Å². The first kappa shape index (κ1) is 10.4. The van der Waals surface area contributed by atoms with Crippen LogP contribution in [-0.2, 0) is 6.54 Å². The van der Waals surface area contributed by atoms with E-state index in [2.05, 4.69) is 6.08 Å². The zero-order chi connectivity index (χ0) is 13.0. The molecule has 2 aromatic carbocycles. The summed E-state index contributed by atoms with van der Waals surface area (Å²) in [5, 5.41) is 0. The fraction of sp³-hybridized carbons (Fsp3) is 0.0625. The number of nitrogen functional groups attached to an aromatic ring is 1. The molecule has 0 unspecified atom stereocenters. The highest BCUT2D eigenvalue weighted by atomic mass is 16.2. The second kappa shape index (κ2) is 3.48. The standard InChI is InChI=1S/C16H12N2O/c17-12-6-5-10-8-15-13-3-1-2-4-14(13)16(19)18(15)9-11(10)7-12/h1-8H,9,17H2. The lowest BCUT2D eigenvalue weighted by Gasteiger charge is -2.24. The number of anilines is 1. The van der Waals surface area contributed by atoms with E-state index in [4.69, 9.17) is 5.73 Å². The number of nitrogens with two attached hydrogens (primary N) is 1. The predicted molar refractivity (Wildman–Crippen MR) is 75.0 cm³/mol. The number of hydrogen-bond donors (Lipinski definition) is 1. The second-order valence-corrected chi connectivity index (χ2v) is 4.92. The number of carbonyl (C=O) groups excluding carboxylic acids is 1. The minimum absolute atomic E-state index is 0.0786. The Kier molecular flexibility index (Phi) is 1.90. The molecular weight excluding hydrogens is 236 g/mol. The van der Waals surface area contributed by atoms with E-state index >= 15 is 0 Å². The minimum Gasteiger partial charge on any atom is -0.399 e. The number of rotatable bonds is 0. The van der Waals surface area contributed by atoms with Crippen molar-refractivity contribution in [3.05, 3.63) is 64.7 Å². The number of amides is 1. The highest BCUT2D eigenvalue weighted by molar-refractivity contribution is 6.12. The molecule has 2 heterocycles. The van der Waals surface area contributed by atoms with Gasteiger partial charge < -0.3 is 10.6 Å². The summed E-state index contributed by atoms with van der Waals surface area (Å²) < 4.78 is 0. The van der Waals surface area contributed by atoms with Crippen LogP contribution in [0.5, 0.6) is 0 Å². The van der Waals surface area contributed by atoms with Crippen LogP contribution < -0.4 is 5.73 Å². The van der Waals surface area contributed by atoms with Gasteiger partial charge >= 0.3 is 0 Å². The Bertz CT molecular complexity index is 746. The van der Waals surface area contributed by atoms with Crippen LogP contribution in [0.15, 0.2) is 42.5 Å². The molecule has 2 aliphatic heterocycles. The molecule has 1 amide bonds. The number of fused-ring (bicyclic) bond motifs is 4. The van der Waals surface area contributed by atoms with Gasteiger partial charge in [-0.2, -0.15) is 0 Å². The quantitative estimate of drug-likeness (QED) is 0.729. The molecule has 92 valence electrons. The molecule has 0 atom stereocenters. The number of nitrogens with zero attached hydrogens (tertiary/aromatic N) is 1. The third kappa shape index (κ3) is 1.35. The molecule has 2 aliphatic rings. The monoisotopic (exact) mass is 248 g/mol. The largest absolute Gasteiger partial charge is 0.399 e. The number of benzene rings is 2. The summed E-state index contributed by atoms with van der Waals surface area (Å²) >= 11 is 0. The summed E-state index contributed by atoms with van der Waals surface area (Å²) in [6, 6.07) is 13.6. The van der Waals surface area contributed by atoms with E-state index in [-0.39, 0.29) is 5.91 Å². The van der Waals surface area contributed by atoms with Gasteiger partial charge in [0.2, 0.25) is 0 Å². The van der Waals surface area contributed by atoms with Gasteiger partial charge in [-0.15, -0.1) is 0 Å². The smallest absolute Gasteiger partial charge is 0.259 e. The molecule has 0 fully saturated rings. The van der Waals surface area contributed by atoms with Crippen molar-refractivity contribution in [1.82, 2.24) is 4.90 Å². The van der Waals surface area contributed by atoms with Crippen LogP contribution in [0.2, 0.25) is 0 Å². The van der Waals surface area contributed by atoms with Gasteiger partial charge in [0.1, 0.15) is 0 Å². The van der Waals surface area contributed by atoms with Crippen LogP contribution in [0.3, 0.4) is 0 Å². The summed E-state index contributed by atoms with van der Waals surface area (Å²) in [5.74, 6) is 0.0786. The van der Waals surface area contributed by atoms with Crippen molar-refractivity contribution in [2.24, 2.45) is 0 Å². The van der Waals surface area contributed by atoms with Crippen molar-refractivity contribution in [2.45, 2.75) is 6.54 Å². The predicted octanol–water partition coefficient (Wildman–Crippen LogP) is 2.74. The molecule has 0 spiro atoms. The van der Waals surface area contributed by atoms with Gasteiger partial charge in [0.15, 0.2) is 0 Å². The first-order valence-electron chi connectivity index (χ1n) is 6.25. The van der Waals surface area contributed by atoms with Gasteiger partial charge in [-0.3, -0.25) is 4.79 Å². The lowest BCUT2D eigenvalue weighted by molar-refractivity contribution is 0.0842. The molecule has 0 bridgehead atoms. The van der Waals surface area contributed by atoms with Crippen LogP contribution in [0.1, 0.15) is 27.0 Å². The molecular formula is C16H12N2O. The molecule has 2 N–H and O–H groups in total. The van der Waals surface area contributed by atoms with Gasteiger partial charge in [0, 0.05) is 16.8 Å². The van der Waals surface area contributed by atoms with E-state index in [1.165, 1.54) is 0 Å². The molecule has 0 saturated heterocycles. The molecule has 0 saturated carbocycles. The van der Waals surface area contributed by atoms with Crippen molar-refractivity contribution in [1.29, 1.82) is 0 Å². The maximum absolute atomic E-state index is 12.4. The van der Waals surface area contributed by atoms with E-state index in [1.807, 2.05) is 47.4 Å². The molecule has 0 aromatic heterocycles. The zero-order valence-corrected chi connectivity index (χ0v) is 10.3. The molecule has 0 aliphatic carbocycles. The Morgan fingerprint density at radius 1 is 1.05 bits per heavy atom. The van der Waals surface area contributed by atoms with Gasteiger partial charge in [0.25, 0.3) is 5.91 Å². The fourth-order valence-electron chi connectivity index (χ4n) is 2.83. The normalized spacial score (nSPS) is 15.7. The first-order valence-corrected chi connectivity index (χ1v) is 6.25. The van der Waals surface area contributed by atoms with E-state index in [1.54, 1.807) is 0 Å². The number of hydrogen-bond acceptors (Lipinski definition) is 2. The SMILES string of the molecule is Nc1ccc2c(c1)CN1C(=O)c3ccccc3C1=C2. The summed E-state index contributed by atoms with van der Waals surface area (Å²) in [4.78, 5) is 14.2. The number of carbonyl (C=O) groups is 1. The Balaban J connectivity index is 1.94. The van der Waals surface area contributed by atoms with Crippen LogP contribution in [0.4, 0.5) is 5.69 Å². The van der Waals surface area contributed by atoms with Crippen molar-refractivity contribution in [2.75, 3.05) is 5.73 Å². The summed E-state index contributed by atoms with van der Waals surface area (Å²) in [5.41, 5.74) is 11.6. The second-order valence-electron chi connectivity index (χ2n) is 4.92. The molecule has 4 rings (SSSR count).